The summed E-state index contributed by atoms with van der Waals surface area (Å²) in [5.74, 6) is 0.653. The second-order valence-corrected chi connectivity index (χ2v) is 4.34. The second kappa shape index (κ2) is 5.28. The first-order valence-corrected chi connectivity index (χ1v) is 5.83. The van der Waals surface area contributed by atoms with Crippen molar-refractivity contribution in [2.45, 2.75) is 0 Å². The Morgan fingerprint density at radius 1 is 1.33 bits per heavy atom. The summed E-state index contributed by atoms with van der Waals surface area (Å²) in [4.78, 5) is 17.6. The van der Waals surface area contributed by atoms with Gasteiger partial charge >= 0.3 is 0 Å². The lowest BCUT2D eigenvalue weighted by Gasteiger charge is -2.05. The number of ether oxygens (including phenoxy) is 1. The molecule has 0 bridgehead atoms. The number of nitro benzene ring substituents is 1. The number of hydrogen-bond acceptors (Lipinski definition) is 5. The van der Waals surface area contributed by atoms with Crippen molar-refractivity contribution in [3.63, 3.8) is 0 Å². The highest BCUT2D eigenvalue weighted by atomic mass is 79.9. The smallest absolute Gasteiger partial charge is 0.269 e. The summed E-state index contributed by atoms with van der Waals surface area (Å²) in [5, 5.41) is 10.5. The lowest BCUT2D eigenvalue weighted by molar-refractivity contribution is -0.384. The SMILES string of the molecule is O=[N+]([O-])c1ccc(Oc2nc(Cl)ncc2Br)cc1. The second-order valence-electron chi connectivity index (χ2n) is 3.15. The normalized spacial score (nSPS) is 10.1. The van der Waals surface area contributed by atoms with Crippen LogP contribution in [0.25, 0.3) is 0 Å². The minimum atomic E-state index is -0.485. The Kier molecular flexibility index (Phi) is 3.73. The molecule has 0 N–H and O–H groups in total. The van der Waals surface area contributed by atoms with Gasteiger partial charge in [-0.15, -0.1) is 0 Å². The van der Waals surface area contributed by atoms with Crippen LogP contribution in [-0.4, -0.2) is 14.9 Å². The van der Waals surface area contributed by atoms with Crippen molar-refractivity contribution < 1.29 is 9.66 Å². The van der Waals surface area contributed by atoms with E-state index in [-0.39, 0.29) is 16.9 Å². The van der Waals surface area contributed by atoms with Crippen LogP contribution in [0.4, 0.5) is 5.69 Å². The Hall–Kier alpha value is -1.73. The molecular formula is C10H5BrClN3O3. The molecule has 92 valence electrons. The lowest BCUT2D eigenvalue weighted by Crippen LogP contribution is -1.92. The van der Waals surface area contributed by atoms with Gasteiger partial charge in [-0.25, -0.2) is 4.98 Å². The minimum absolute atomic E-state index is 0.0119. The van der Waals surface area contributed by atoms with E-state index in [4.69, 9.17) is 16.3 Å². The van der Waals surface area contributed by atoms with E-state index in [1.54, 1.807) is 0 Å². The van der Waals surface area contributed by atoms with Crippen molar-refractivity contribution in [1.82, 2.24) is 9.97 Å². The highest BCUT2D eigenvalue weighted by Crippen LogP contribution is 2.28. The third-order valence-corrected chi connectivity index (χ3v) is 2.67. The number of nitro groups is 1. The van der Waals surface area contributed by atoms with E-state index in [1.165, 1.54) is 30.5 Å². The van der Waals surface area contributed by atoms with E-state index >= 15 is 0 Å². The number of nitrogens with zero attached hydrogens (tertiary/aromatic N) is 3. The average Bonchev–Trinajstić information content (AvgIpc) is 2.34. The molecule has 8 heteroatoms. The Labute approximate surface area is 115 Å². The Morgan fingerprint density at radius 2 is 2.00 bits per heavy atom. The molecule has 1 heterocycles. The summed E-state index contributed by atoms with van der Waals surface area (Å²) < 4.78 is 5.95. The van der Waals surface area contributed by atoms with Gasteiger partial charge in [0.05, 0.1) is 9.40 Å². The quantitative estimate of drug-likeness (QED) is 0.488. The van der Waals surface area contributed by atoms with Crippen molar-refractivity contribution >= 4 is 33.2 Å². The molecule has 0 unspecified atom stereocenters. The molecule has 2 aromatic rings. The van der Waals surface area contributed by atoms with Gasteiger partial charge in [0, 0.05) is 18.3 Å². The molecule has 1 aromatic carbocycles. The molecule has 2 rings (SSSR count). The first-order chi connectivity index (χ1) is 8.56. The summed E-state index contributed by atoms with van der Waals surface area (Å²) in [6, 6.07) is 5.62. The van der Waals surface area contributed by atoms with Crippen LogP contribution in [0.2, 0.25) is 5.28 Å². The molecule has 0 aliphatic carbocycles. The molecule has 6 nitrogen and oxygen atoms in total. The lowest BCUT2D eigenvalue weighted by atomic mass is 10.3. The first kappa shape index (κ1) is 12.7. The van der Waals surface area contributed by atoms with Gasteiger partial charge in [0.15, 0.2) is 0 Å². The molecule has 0 aliphatic heterocycles. The van der Waals surface area contributed by atoms with Gasteiger partial charge in [-0.05, 0) is 39.7 Å². The summed E-state index contributed by atoms with van der Waals surface area (Å²) in [7, 11) is 0. The van der Waals surface area contributed by atoms with Crippen LogP contribution in [0.1, 0.15) is 0 Å². The first-order valence-electron chi connectivity index (χ1n) is 4.66. The maximum absolute atomic E-state index is 10.5. The van der Waals surface area contributed by atoms with E-state index < -0.39 is 4.92 Å². The molecular weight excluding hydrogens is 325 g/mol. The largest absolute Gasteiger partial charge is 0.438 e. The Morgan fingerprint density at radius 3 is 2.61 bits per heavy atom. The van der Waals surface area contributed by atoms with Crippen molar-refractivity contribution in [2.75, 3.05) is 0 Å². The average molecular weight is 331 g/mol. The van der Waals surface area contributed by atoms with Crippen molar-refractivity contribution in [1.29, 1.82) is 0 Å². The number of benzene rings is 1. The maximum atomic E-state index is 10.5. The molecule has 0 amide bonds. The van der Waals surface area contributed by atoms with E-state index in [9.17, 15) is 10.1 Å². The summed E-state index contributed by atoms with van der Waals surface area (Å²) in [6.45, 7) is 0. The van der Waals surface area contributed by atoms with Gasteiger partial charge in [-0.2, -0.15) is 4.98 Å². The maximum Gasteiger partial charge on any atom is 0.269 e. The zero-order valence-corrected chi connectivity index (χ0v) is 11.1. The molecule has 1 aromatic heterocycles. The summed E-state index contributed by atoms with van der Waals surface area (Å²) >= 11 is 8.85. The molecule has 0 spiro atoms. The zero-order valence-electron chi connectivity index (χ0n) is 8.71. The van der Waals surface area contributed by atoms with Crippen molar-refractivity contribution in [3.05, 3.63) is 50.3 Å². The van der Waals surface area contributed by atoms with Crippen LogP contribution in [0.15, 0.2) is 34.9 Å². The van der Waals surface area contributed by atoms with Gasteiger partial charge < -0.3 is 4.74 Å². The molecule has 0 fully saturated rings. The number of aromatic nitrogens is 2. The predicted octanol–water partition coefficient (Wildman–Crippen LogP) is 3.59. The third kappa shape index (κ3) is 2.93. The number of non-ortho nitro benzene ring substituents is 1. The third-order valence-electron chi connectivity index (χ3n) is 1.94. The monoisotopic (exact) mass is 329 g/mol. The number of rotatable bonds is 3. The van der Waals surface area contributed by atoms with Crippen LogP contribution < -0.4 is 4.74 Å². The molecule has 0 atom stereocenters. The van der Waals surface area contributed by atoms with Gasteiger partial charge in [-0.3, -0.25) is 10.1 Å². The van der Waals surface area contributed by atoms with E-state index in [1.807, 2.05) is 0 Å². The Bertz CT molecular complexity index is 591. The zero-order chi connectivity index (χ0) is 13.1. The van der Waals surface area contributed by atoms with Crippen LogP contribution in [0.5, 0.6) is 11.6 Å². The highest BCUT2D eigenvalue weighted by Gasteiger charge is 2.08. The van der Waals surface area contributed by atoms with Crippen LogP contribution >= 0.6 is 27.5 Å². The predicted molar refractivity (Wildman–Crippen MR) is 67.9 cm³/mol. The van der Waals surface area contributed by atoms with Crippen LogP contribution in [-0.2, 0) is 0 Å². The molecule has 0 aliphatic rings. The van der Waals surface area contributed by atoms with E-state index in [0.717, 1.165) is 0 Å². The standard InChI is InChI=1S/C10H5BrClN3O3/c11-8-5-13-10(12)14-9(8)18-7-3-1-6(2-4-7)15(16)17/h1-5H. The molecule has 18 heavy (non-hydrogen) atoms. The fourth-order valence-corrected chi connectivity index (χ4v) is 1.55. The molecule has 0 saturated carbocycles. The number of hydrogen-bond donors (Lipinski definition) is 0. The van der Waals surface area contributed by atoms with E-state index in [2.05, 4.69) is 25.9 Å². The van der Waals surface area contributed by atoms with Crippen LogP contribution in [0, 0.1) is 10.1 Å². The number of halogens is 2. The molecule has 0 radical (unpaired) electrons. The van der Waals surface area contributed by atoms with E-state index in [0.29, 0.717) is 10.2 Å². The van der Waals surface area contributed by atoms with Gasteiger partial charge in [0.1, 0.15) is 5.75 Å². The fraction of sp³-hybridized carbons (Fsp3) is 0. The topological polar surface area (TPSA) is 78.2 Å². The van der Waals surface area contributed by atoms with Crippen molar-refractivity contribution in [2.24, 2.45) is 0 Å². The van der Waals surface area contributed by atoms with Crippen LogP contribution in [0.3, 0.4) is 0 Å². The minimum Gasteiger partial charge on any atom is -0.438 e. The molecule has 0 saturated heterocycles. The highest BCUT2D eigenvalue weighted by molar-refractivity contribution is 9.10. The van der Waals surface area contributed by atoms with Gasteiger partial charge in [0.25, 0.3) is 5.69 Å². The summed E-state index contributed by atoms with van der Waals surface area (Å²) in [5.41, 5.74) is -0.0119. The van der Waals surface area contributed by atoms with Gasteiger partial charge in [-0.1, -0.05) is 0 Å². The van der Waals surface area contributed by atoms with Gasteiger partial charge in [0.2, 0.25) is 11.2 Å². The Balaban J connectivity index is 2.23. The fourth-order valence-electron chi connectivity index (χ4n) is 1.15. The summed E-state index contributed by atoms with van der Waals surface area (Å²) in [6.07, 6.45) is 1.45. The van der Waals surface area contributed by atoms with Crippen molar-refractivity contribution in [3.8, 4) is 11.6 Å².